The van der Waals surface area contributed by atoms with Crippen LogP contribution in [0.4, 0.5) is 0 Å². The monoisotopic (exact) mass is 344 g/mol. The van der Waals surface area contributed by atoms with E-state index in [-0.39, 0.29) is 6.61 Å². The van der Waals surface area contributed by atoms with Gasteiger partial charge in [0.1, 0.15) is 0 Å². The molecule has 1 aromatic carbocycles. The van der Waals surface area contributed by atoms with Crippen molar-refractivity contribution in [2.75, 3.05) is 13.7 Å². The largest absolute Gasteiger partial charge is 0.480 e. The highest BCUT2D eigenvalue weighted by Crippen LogP contribution is 2.22. The van der Waals surface area contributed by atoms with Gasteiger partial charge in [0.15, 0.2) is 6.04 Å². The molecule has 1 amide bonds. The predicted molar refractivity (Wildman–Crippen MR) is 95.5 cm³/mol. The number of rotatable bonds is 6. The second-order valence-electron chi connectivity index (χ2n) is 6.29. The number of aromatic nitrogens is 1. The fourth-order valence-corrected chi connectivity index (χ4v) is 3.05. The van der Waals surface area contributed by atoms with Crippen molar-refractivity contribution in [3.8, 4) is 5.69 Å². The maximum atomic E-state index is 12.5. The summed E-state index contributed by atoms with van der Waals surface area (Å²) in [4.78, 5) is 23.8. The molecule has 1 atom stereocenters. The number of hydrogen-bond acceptors (Lipinski definition) is 3. The number of benzene rings is 1. The predicted octanol–water partition coefficient (Wildman–Crippen LogP) is 2.54. The lowest BCUT2D eigenvalue weighted by Gasteiger charge is -2.14. The zero-order chi connectivity index (χ0) is 18.7. The summed E-state index contributed by atoms with van der Waals surface area (Å²) in [5.41, 5.74) is 5.39. The van der Waals surface area contributed by atoms with E-state index in [0.29, 0.717) is 5.56 Å². The lowest BCUT2D eigenvalue weighted by atomic mass is 10.1. The molecule has 0 aliphatic rings. The Bertz CT molecular complexity index is 788. The number of amides is 1. The van der Waals surface area contributed by atoms with Crippen LogP contribution in [0.1, 0.15) is 32.9 Å². The standard InChI is InChI=1S/C19H24N2O4/c1-11-6-12(2)8-15(7-11)21-13(3)9-16(14(21)4)18(22)20-17(10-25-5)19(23)24/h6-9,17H,10H2,1-5H3,(H,20,22)(H,23,24). The summed E-state index contributed by atoms with van der Waals surface area (Å²) in [7, 11) is 1.40. The summed E-state index contributed by atoms with van der Waals surface area (Å²) in [5.74, 6) is -1.55. The number of nitrogens with one attached hydrogen (secondary N) is 1. The van der Waals surface area contributed by atoms with Gasteiger partial charge in [0, 0.05) is 24.2 Å². The van der Waals surface area contributed by atoms with E-state index in [9.17, 15) is 9.59 Å². The van der Waals surface area contributed by atoms with Crippen molar-refractivity contribution in [2.45, 2.75) is 33.7 Å². The van der Waals surface area contributed by atoms with E-state index < -0.39 is 17.9 Å². The SMILES string of the molecule is COCC(NC(=O)c1cc(C)n(-c2cc(C)cc(C)c2)c1C)C(=O)O. The minimum Gasteiger partial charge on any atom is -0.480 e. The average Bonchev–Trinajstić information content (AvgIpc) is 2.80. The van der Waals surface area contributed by atoms with Gasteiger partial charge in [-0.2, -0.15) is 0 Å². The van der Waals surface area contributed by atoms with Crippen molar-refractivity contribution in [3.63, 3.8) is 0 Å². The summed E-state index contributed by atoms with van der Waals surface area (Å²) in [6, 6.07) is 6.89. The van der Waals surface area contributed by atoms with Crippen LogP contribution in [-0.2, 0) is 9.53 Å². The molecule has 0 radical (unpaired) electrons. The van der Waals surface area contributed by atoms with Crippen LogP contribution in [0.2, 0.25) is 0 Å². The Hall–Kier alpha value is -2.60. The highest BCUT2D eigenvalue weighted by atomic mass is 16.5. The van der Waals surface area contributed by atoms with E-state index >= 15 is 0 Å². The van der Waals surface area contributed by atoms with Crippen molar-refractivity contribution in [1.82, 2.24) is 9.88 Å². The molecule has 0 aliphatic carbocycles. The van der Waals surface area contributed by atoms with Crippen molar-refractivity contribution in [1.29, 1.82) is 0 Å². The van der Waals surface area contributed by atoms with E-state index in [1.54, 1.807) is 6.07 Å². The molecule has 0 aliphatic heterocycles. The van der Waals surface area contributed by atoms with E-state index in [1.807, 2.05) is 32.3 Å². The lowest BCUT2D eigenvalue weighted by molar-refractivity contribution is -0.140. The number of carbonyl (C=O) groups is 2. The Labute approximate surface area is 147 Å². The summed E-state index contributed by atoms with van der Waals surface area (Å²) in [5, 5.41) is 11.7. The highest BCUT2D eigenvalue weighted by Gasteiger charge is 2.23. The van der Waals surface area contributed by atoms with Crippen molar-refractivity contribution >= 4 is 11.9 Å². The summed E-state index contributed by atoms with van der Waals surface area (Å²) < 4.78 is 6.86. The van der Waals surface area contributed by atoms with Gasteiger partial charge in [-0.25, -0.2) is 4.79 Å². The first-order valence-corrected chi connectivity index (χ1v) is 8.04. The normalized spacial score (nSPS) is 12.0. The number of aliphatic carboxylic acids is 1. The maximum absolute atomic E-state index is 12.5. The van der Waals surface area contributed by atoms with Crippen molar-refractivity contribution < 1.29 is 19.4 Å². The molecular formula is C19H24N2O4. The smallest absolute Gasteiger partial charge is 0.328 e. The Balaban J connectivity index is 2.38. The van der Waals surface area contributed by atoms with Gasteiger partial charge in [-0.3, -0.25) is 4.79 Å². The molecule has 1 aromatic heterocycles. The van der Waals surface area contributed by atoms with E-state index in [1.165, 1.54) is 7.11 Å². The highest BCUT2D eigenvalue weighted by molar-refractivity contribution is 5.98. The topological polar surface area (TPSA) is 80.6 Å². The van der Waals surface area contributed by atoms with Crippen LogP contribution in [0.15, 0.2) is 24.3 Å². The van der Waals surface area contributed by atoms with Crippen LogP contribution in [0.5, 0.6) is 0 Å². The molecule has 0 fully saturated rings. The van der Waals surface area contributed by atoms with Crippen LogP contribution < -0.4 is 5.32 Å². The number of hydrogen-bond donors (Lipinski definition) is 2. The molecular weight excluding hydrogens is 320 g/mol. The Kier molecular flexibility index (Phi) is 5.64. The summed E-state index contributed by atoms with van der Waals surface area (Å²) >= 11 is 0. The van der Waals surface area contributed by atoms with Gasteiger partial charge in [-0.05, 0) is 57.0 Å². The first kappa shape index (κ1) is 18.7. The molecule has 25 heavy (non-hydrogen) atoms. The fourth-order valence-electron chi connectivity index (χ4n) is 3.05. The van der Waals surface area contributed by atoms with Crippen LogP contribution in [0.25, 0.3) is 5.69 Å². The minimum absolute atomic E-state index is 0.0864. The van der Waals surface area contributed by atoms with Gasteiger partial charge >= 0.3 is 5.97 Å². The average molecular weight is 344 g/mol. The molecule has 134 valence electrons. The zero-order valence-corrected chi connectivity index (χ0v) is 15.2. The minimum atomic E-state index is -1.13. The Morgan fingerprint density at radius 1 is 1.12 bits per heavy atom. The second-order valence-corrected chi connectivity index (χ2v) is 6.29. The first-order chi connectivity index (χ1) is 11.7. The zero-order valence-electron chi connectivity index (χ0n) is 15.2. The van der Waals surface area contributed by atoms with Gasteiger partial charge in [-0.15, -0.1) is 0 Å². The van der Waals surface area contributed by atoms with Gasteiger partial charge in [0.2, 0.25) is 0 Å². The van der Waals surface area contributed by atoms with E-state index in [4.69, 9.17) is 9.84 Å². The number of ether oxygens (including phenoxy) is 1. The molecule has 2 N–H and O–H groups in total. The third kappa shape index (κ3) is 4.09. The number of aryl methyl sites for hydroxylation is 3. The Morgan fingerprint density at radius 2 is 1.72 bits per heavy atom. The van der Waals surface area contributed by atoms with Crippen molar-refractivity contribution in [3.05, 3.63) is 52.3 Å². The van der Waals surface area contributed by atoms with Gasteiger partial charge in [0.05, 0.1) is 12.2 Å². The lowest BCUT2D eigenvalue weighted by Crippen LogP contribution is -2.43. The van der Waals surface area contributed by atoms with E-state index in [0.717, 1.165) is 28.2 Å². The second kappa shape index (κ2) is 7.53. The van der Waals surface area contributed by atoms with Crippen LogP contribution in [-0.4, -0.2) is 41.3 Å². The molecule has 0 saturated carbocycles. The quantitative estimate of drug-likeness (QED) is 0.844. The molecule has 0 saturated heterocycles. The number of nitrogens with zero attached hydrogens (tertiary/aromatic N) is 1. The van der Waals surface area contributed by atoms with E-state index in [2.05, 4.69) is 23.5 Å². The molecule has 0 bridgehead atoms. The molecule has 2 rings (SSSR count). The van der Waals surface area contributed by atoms with Crippen LogP contribution in [0, 0.1) is 27.7 Å². The molecule has 6 nitrogen and oxygen atoms in total. The van der Waals surface area contributed by atoms with Crippen LogP contribution in [0.3, 0.4) is 0 Å². The van der Waals surface area contributed by atoms with Crippen molar-refractivity contribution in [2.24, 2.45) is 0 Å². The third-order valence-corrected chi connectivity index (χ3v) is 4.08. The first-order valence-electron chi connectivity index (χ1n) is 8.04. The molecule has 6 heteroatoms. The third-order valence-electron chi connectivity index (χ3n) is 4.08. The Morgan fingerprint density at radius 3 is 2.24 bits per heavy atom. The fraction of sp³-hybridized carbons (Fsp3) is 0.368. The molecule has 1 unspecified atom stereocenters. The number of carboxylic acids is 1. The van der Waals surface area contributed by atoms with Crippen LogP contribution >= 0.6 is 0 Å². The number of methoxy groups -OCH3 is 1. The summed E-state index contributed by atoms with van der Waals surface area (Å²) in [6.07, 6.45) is 0. The van der Waals surface area contributed by atoms with Gasteiger partial charge < -0.3 is 19.7 Å². The molecule has 2 aromatic rings. The number of carboxylic acid groups (broad SMARTS) is 1. The maximum Gasteiger partial charge on any atom is 0.328 e. The van der Waals surface area contributed by atoms with Gasteiger partial charge in [0.25, 0.3) is 5.91 Å². The van der Waals surface area contributed by atoms with Gasteiger partial charge in [-0.1, -0.05) is 6.07 Å². The number of carbonyl (C=O) groups excluding carboxylic acids is 1. The summed E-state index contributed by atoms with van der Waals surface area (Å²) in [6.45, 7) is 7.74. The molecule has 1 heterocycles. The molecule has 0 spiro atoms.